The molecule has 3 aliphatic heterocycles. The molecule has 2 aromatic carbocycles. The summed E-state index contributed by atoms with van der Waals surface area (Å²) >= 11 is 1.43. The molecule has 36 heavy (non-hydrogen) atoms. The summed E-state index contributed by atoms with van der Waals surface area (Å²) in [5.74, 6) is -2.00. The molecule has 7 nitrogen and oxygen atoms in total. The minimum Gasteiger partial charge on any atom is -0.474 e. The van der Waals surface area contributed by atoms with E-state index in [2.05, 4.69) is 0 Å². The van der Waals surface area contributed by atoms with Crippen LogP contribution in [0.1, 0.15) is 40.1 Å². The minimum atomic E-state index is -0.910. The molecule has 4 heterocycles. The average molecular weight is 530 g/mol. The minimum absolute atomic E-state index is 0.0704. The predicted octanol–water partition coefficient (Wildman–Crippen LogP) is 3.83. The second kappa shape index (κ2) is 8.87. The average Bonchev–Trinajstić information content (AvgIpc) is 3.04. The molecule has 1 amide bonds. The van der Waals surface area contributed by atoms with Crippen LogP contribution in [0.15, 0.2) is 58.4 Å². The molecular formula is C25H22F2N3O4PS. The molecule has 11 heteroatoms. The lowest BCUT2D eigenvalue weighted by molar-refractivity contribution is -0.0467. The van der Waals surface area contributed by atoms with Crippen molar-refractivity contribution in [3.05, 3.63) is 92.9 Å². The van der Waals surface area contributed by atoms with Crippen molar-refractivity contribution >= 4 is 27.1 Å². The van der Waals surface area contributed by atoms with E-state index in [9.17, 15) is 14.0 Å². The summed E-state index contributed by atoms with van der Waals surface area (Å²) in [7, 11) is 2.04. The molecule has 1 fully saturated rings. The third kappa shape index (κ3) is 3.38. The van der Waals surface area contributed by atoms with Crippen molar-refractivity contribution in [3.63, 3.8) is 0 Å². The van der Waals surface area contributed by atoms with Crippen LogP contribution in [0.5, 0.6) is 5.75 Å². The highest BCUT2D eigenvalue weighted by Gasteiger charge is 2.48. The Balaban J connectivity index is 1.69. The summed E-state index contributed by atoms with van der Waals surface area (Å²) in [6, 6.07) is 10.9. The first-order valence-electron chi connectivity index (χ1n) is 11.4. The number of amides is 1. The molecule has 3 aliphatic rings. The van der Waals surface area contributed by atoms with Gasteiger partial charge in [0.05, 0.1) is 34.8 Å². The van der Waals surface area contributed by atoms with Crippen LogP contribution in [0.25, 0.3) is 0 Å². The van der Waals surface area contributed by atoms with Gasteiger partial charge in [0.15, 0.2) is 17.3 Å². The van der Waals surface area contributed by atoms with Crippen LogP contribution in [0.4, 0.5) is 8.78 Å². The number of pyridine rings is 1. The Hall–Kier alpha value is -2.94. The Morgan fingerprint density at radius 3 is 2.69 bits per heavy atom. The molecule has 1 saturated heterocycles. The van der Waals surface area contributed by atoms with Gasteiger partial charge in [-0.1, -0.05) is 24.3 Å². The van der Waals surface area contributed by atoms with Crippen molar-refractivity contribution in [2.24, 2.45) is 0 Å². The highest BCUT2D eigenvalue weighted by molar-refractivity contribution is 7.98. The van der Waals surface area contributed by atoms with Crippen LogP contribution >= 0.6 is 21.2 Å². The maximum absolute atomic E-state index is 15.2. The third-order valence-electron chi connectivity index (χ3n) is 6.94. The van der Waals surface area contributed by atoms with Crippen LogP contribution in [-0.2, 0) is 10.5 Å². The number of hydrogen-bond acceptors (Lipinski definition) is 6. The zero-order valence-electron chi connectivity index (χ0n) is 19.2. The number of rotatable bonds is 2. The number of thioether (sulfide) groups is 1. The predicted molar refractivity (Wildman–Crippen MR) is 134 cm³/mol. The number of hydrogen-bond donors (Lipinski definition) is 0. The van der Waals surface area contributed by atoms with Gasteiger partial charge in [-0.3, -0.25) is 19.3 Å². The number of nitrogens with zero attached hydrogens (tertiary/aromatic N) is 3. The van der Waals surface area contributed by atoms with Crippen LogP contribution in [0, 0.1) is 11.6 Å². The molecule has 3 aromatic rings. The summed E-state index contributed by atoms with van der Waals surface area (Å²) in [5, 5.41) is 1.92. The van der Waals surface area contributed by atoms with Gasteiger partial charge < -0.3 is 14.2 Å². The quantitative estimate of drug-likeness (QED) is 0.471. The van der Waals surface area contributed by atoms with Gasteiger partial charge in [0.25, 0.3) is 5.91 Å². The Labute approximate surface area is 212 Å². The molecule has 0 N–H and O–H groups in total. The summed E-state index contributed by atoms with van der Waals surface area (Å²) in [6.45, 7) is 2.40. The monoisotopic (exact) mass is 529 g/mol. The Morgan fingerprint density at radius 2 is 1.89 bits per heavy atom. The number of halogens is 2. The molecule has 0 bridgehead atoms. The normalized spacial score (nSPS) is 22.8. The van der Waals surface area contributed by atoms with Crippen LogP contribution in [0.3, 0.4) is 0 Å². The molecule has 1 aromatic heterocycles. The number of ether oxygens (including phenoxy) is 1. The molecule has 186 valence electrons. The number of carbonyl (C=O) groups is 1. The van der Waals surface area contributed by atoms with Crippen LogP contribution in [0.2, 0.25) is 0 Å². The lowest BCUT2D eigenvalue weighted by Crippen LogP contribution is -2.68. The number of benzene rings is 2. The van der Waals surface area contributed by atoms with E-state index >= 15 is 4.39 Å². The maximum atomic E-state index is 15.2. The number of carbonyl (C=O) groups excluding carboxylic acids is 1. The number of aromatic nitrogens is 1. The molecule has 6 rings (SSSR count). The Kier molecular flexibility index (Phi) is 5.78. The fraction of sp³-hybridized carbons (Fsp3) is 0.280. The van der Waals surface area contributed by atoms with E-state index in [0.29, 0.717) is 12.2 Å². The van der Waals surface area contributed by atoms with Crippen molar-refractivity contribution in [1.82, 2.24) is 9.58 Å². The van der Waals surface area contributed by atoms with E-state index in [4.69, 9.17) is 9.26 Å². The summed E-state index contributed by atoms with van der Waals surface area (Å²) in [4.78, 5) is 29.0. The van der Waals surface area contributed by atoms with Crippen molar-refractivity contribution < 1.29 is 22.8 Å². The highest BCUT2D eigenvalue weighted by Crippen LogP contribution is 2.45. The fourth-order valence-electron chi connectivity index (χ4n) is 5.36. The molecule has 0 aliphatic carbocycles. The SMILES string of the molecule is C[C@@H]1COC[C@@H]2N1C(=O)c1c(OP)c(=O)ccn1N2[C@@H]1c2ccccc2SCc2c1ccc(F)c2F. The van der Waals surface area contributed by atoms with E-state index < -0.39 is 29.3 Å². The second-order valence-electron chi connectivity index (χ2n) is 8.94. The van der Waals surface area contributed by atoms with Gasteiger partial charge in [0, 0.05) is 28.5 Å². The number of fused-ring (bicyclic) bond motifs is 4. The van der Waals surface area contributed by atoms with Gasteiger partial charge in [-0.15, -0.1) is 11.8 Å². The van der Waals surface area contributed by atoms with Crippen molar-refractivity contribution in [2.45, 2.75) is 35.8 Å². The molecular weight excluding hydrogens is 507 g/mol. The largest absolute Gasteiger partial charge is 0.474 e. The summed E-state index contributed by atoms with van der Waals surface area (Å²) < 4.78 is 42.4. The van der Waals surface area contributed by atoms with Crippen molar-refractivity contribution in [1.29, 1.82) is 0 Å². The van der Waals surface area contributed by atoms with Crippen LogP contribution in [-0.4, -0.2) is 40.9 Å². The lowest BCUT2D eigenvalue weighted by atomic mass is 9.93. The highest BCUT2D eigenvalue weighted by atomic mass is 32.2. The standard InChI is InChI=1S/C25H22F2N3O4PS/c1-13-10-33-11-20-29(13)25(32)23-24(34-35)18(31)8-9-28(23)30(20)22-14-6-7-17(26)21(27)16(14)12-36-19-5-3-2-4-15(19)22/h2-9,13,20,22H,10-12,35H2,1H3/t13-,20-,22+/m1/s1. The van der Waals surface area contributed by atoms with E-state index in [0.717, 1.165) is 16.5 Å². The molecule has 0 radical (unpaired) electrons. The zero-order valence-corrected chi connectivity index (χ0v) is 21.2. The van der Waals surface area contributed by atoms with E-state index in [-0.39, 0.29) is 41.3 Å². The summed E-state index contributed by atoms with van der Waals surface area (Å²) in [6.07, 6.45) is 0.954. The Bertz CT molecular complexity index is 1450. The van der Waals surface area contributed by atoms with Gasteiger partial charge in [-0.2, -0.15) is 0 Å². The van der Waals surface area contributed by atoms with Gasteiger partial charge in [-0.25, -0.2) is 8.78 Å². The first-order chi connectivity index (χ1) is 17.4. The molecule has 1 unspecified atom stereocenters. The van der Waals surface area contributed by atoms with E-state index in [1.165, 1.54) is 24.0 Å². The maximum Gasteiger partial charge on any atom is 0.278 e. The van der Waals surface area contributed by atoms with Gasteiger partial charge in [0.1, 0.15) is 6.17 Å². The van der Waals surface area contributed by atoms with Crippen LogP contribution < -0.4 is 15.0 Å². The Morgan fingerprint density at radius 1 is 1.08 bits per heavy atom. The van der Waals surface area contributed by atoms with E-state index in [1.807, 2.05) is 45.7 Å². The van der Waals surface area contributed by atoms with Gasteiger partial charge in [0.2, 0.25) is 11.2 Å². The van der Waals surface area contributed by atoms with Gasteiger partial charge in [-0.05, 0) is 30.2 Å². The first kappa shape index (κ1) is 23.5. The molecule has 4 atom stereocenters. The zero-order chi connectivity index (χ0) is 25.1. The molecule has 0 spiro atoms. The smallest absolute Gasteiger partial charge is 0.278 e. The van der Waals surface area contributed by atoms with Crippen molar-refractivity contribution in [3.8, 4) is 5.75 Å². The summed E-state index contributed by atoms with van der Waals surface area (Å²) in [5.41, 5.74) is 1.35. The fourth-order valence-corrected chi connectivity index (χ4v) is 6.70. The molecule has 0 saturated carbocycles. The van der Waals surface area contributed by atoms with E-state index in [1.54, 1.807) is 15.6 Å². The lowest BCUT2D eigenvalue weighted by Gasteiger charge is -2.53. The number of morpholine rings is 1. The van der Waals surface area contributed by atoms with Gasteiger partial charge >= 0.3 is 0 Å². The first-order valence-corrected chi connectivity index (χ1v) is 12.9. The third-order valence-corrected chi connectivity index (χ3v) is 8.29. The topological polar surface area (TPSA) is 64.0 Å². The van der Waals surface area contributed by atoms with Crippen molar-refractivity contribution in [2.75, 3.05) is 18.2 Å². The second-order valence-corrected chi connectivity index (χ2v) is 10.2.